The van der Waals surface area contributed by atoms with Crippen LogP contribution in [-0.4, -0.2) is 25.9 Å². The Balaban J connectivity index is 1.97. The smallest absolute Gasteiger partial charge is 0.237 e. The number of nitrogens with zero attached hydrogens (tertiary/aromatic N) is 3. The zero-order chi connectivity index (χ0) is 14.4. The van der Waals surface area contributed by atoms with Crippen molar-refractivity contribution in [1.82, 2.24) is 14.8 Å². The molecule has 0 unspecified atom stereocenters. The van der Waals surface area contributed by atoms with Gasteiger partial charge in [-0.25, -0.2) is 0 Å². The molecular weight excluding hydrogens is 272 g/mol. The zero-order valence-corrected chi connectivity index (χ0v) is 12.0. The number of anilines is 1. The molecule has 0 saturated heterocycles. The number of rotatable bonds is 6. The van der Waals surface area contributed by atoms with Crippen molar-refractivity contribution in [2.45, 2.75) is 23.9 Å². The van der Waals surface area contributed by atoms with E-state index in [0.29, 0.717) is 11.7 Å². The van der Waals surface area contributed by atoms with Gasteiger partial charge in [-0.3, -0.25) is 4.79 Å². The average molecular weight is 288 g/mol. The highest BCUT2D eigenvalue weighted by Gasteiger charge is 2.17. The fraction of sp³-hybridized carbons (Fsp3) is 0.214. The highest BCUT2D eigenvalue weighted by molar-refractivity contribution is 8.00. The zero-order valence-electron chi connectivity index (χ0n) is 11.2. The first-order chi connectivity index (χ1) is 9.70. The Morgan fingerprint density at radius 3 is 2.95 bits per heavy atom. The lowest BCUT2D eigenvalue weighted by molar-refractivity contribution is -0.115. The van der Waals surface area contributed by atoms with E-state index < -0.39 is 0 Å². The van der Waals surface area contributed by atoms with Crippen molar-refractivity contribution in [3.05, 3.63) is 49.3 Å². The van der Waals surface area contributed by atoms with Gasteiger partial charge in [0.1, 0.15) is 6.33 Å². The summed E-state index contributed by atoms with van der Waals surface area (Å²) in [7, 11) is 0. The number of amides is 1. The normalized spacial score (nSPS) is 11.8. The summed E-state index contributed by atoms with van der Waals surface area (Å²) in [6, 6.07) is 9.39. The first-order valence-corrected chi connectivity index (χ1v) is 7.10. The molecule has 0 radical (unpaired) electrons. The number of carbonyl (C=O) groups is 1. The molecule has 1 amide bonds. The van der Waals surface area contributed by atoms with Crippen LogP contribution < -0.4 is 5.32 Å². The van der Waals surface area contributed by atoms with E-state index in [1.54, 1.807) is 12.4 Å². The Labute approximate surface area is 122 Å². The van der Waals surface area contributed by atoms with Gasteiger partial charge in [0.15, 0.2) is 5.16 Å². The number of carbonyl (C=O) groups excluding carboxylic acids is 1. The minimum absolute atomic E-state index is 0.0608. The Morgan fingerprint density at radius 2 is 2.25 bits per heavy atom. The summed E-state index contributed by atoms with van der Waals surface area (Å²) < 4.78 is 1.85. The van der Waals surface area contributed by atoms with E-state index >= 15 is 0 Å². The lowest BCUT2D eigenvalue weighted by atomic mass is 10.3. The Hall–Kier alpha value is -2.08. The fourth-order valence-corrected chi connectivity index (χ4v) is 2.41. The average Bonchev–Trinajstić information content (AvgIpc) is 2.87. The van der Waals surface area contributed by atoms with Crippen LogP contribution in [0.15, 0.2) is 54.5 Å². The van der Waals surface area contributed by atoms with Crippen molar-refractivity contribution in [2.24, 2.45) is 0 Å². The number of thioether (sulfide) groups is 1. The molecule has 1 N–H and O–H groups in total. The number of hydrogen-bond acceptors (Lipinski definition) is 4. The summed E-state index contributed by atoms with van der Waals surface area (Å²) in [6.45, 7) is 6.15. The van der Waals surface area contributed by atoms with E-state index in [-0.39, 0.29) is 11.2 Å². The molecule has 0 aliphatic carbocycles. The van der Waals surface area contributed by atoms with E-state index in [1.165, 1.54) is 11.8 Å². The van der Waals surface area contributed by atoms with Crippen molar-refractivity contribution < 1.29 is 4.79 Å². The quantitative estimate of drug-likeness (QED) is 0.655. The van der Waals surface area contributed by atoms with Crippen molar-refractivity contribution >= 4 is 23.4 Å². The summed E-state index contributed by atoms with van der Waals surface area (Å²) in [5.74, 6) is -0.0608. The van der Waals surface area contributed by atoms with Gasteiger partial charge in [-0.1, -0.05) is 36.0 Å². The van der Waals surface area contributed by atoms with Crippen LogP contribution in [0.3, 0.4) is 0 Å². The van der Waals surface area contributed by atoms with E-state index in [4.69, 9.17) is 0 Å². The first-order valence-electron chi connectivity index (χ1n) is 6.22. The van der Waals surface area contributed by atoms with Gasteiger partial charge >= 0.3 is 0 Å². The van der Waals surface area contributed by atoms with Crippen LogP contribution in [-0.2, 0) is 11.3 Å². The van der Waals surface area contributed by atoms with Crippen molar-refractivity contribution in [3.8, 4) is 0 Å². The van der Waals surface area contributed by atoms with Gasteiger partial charge in [0, 0.05) is 12.2 Å². The van der Waals surface area contributed by atoms with Crippen LogP contribution >= 0.6 is 11.8 Å². The molecule has 20 heavy (non-hydrogen) atoms. The summed E-state index contributed by atoms with van der Waals surface area (Å²) >= 11 is 1.37. The maximum Gasteiger partial charge on any atom is 0.237 e. The number of nitrogens with one attached hydrogen (secondary N) is 1. The van der Waals surface area contributed by atoms with Crippen molar-refractivity contribution in [3.63, 3.8) is 0 Å². The summed E-state index contributed by atoms with van der Waals surface area (Å²) in [6.07, 6.45) is 3.40. The molecule has 2 rings (SSSR count). The Bertz CT molecular complexity index is 582. The maximum atomic E-state index is 12.1. The Kier molecular flexibility index (Phi) is 4.95. The monoisotopic (exact) mass is 288 g/mol. The van der Waals surface area contributed by atoms with E-state index in [2.05, 4.69) is 22.1 Å². The molecule has 1 aromatic carbocycles. The lowest BCUT2D eigenvalue weighted by Crippen LogP contribution is -2.22. The molecule has 0 spiro atoms. The molecule has 1 atom stereocenters. The van der Waals surface area contributed by atoms with Gasteiger partial charge in [-0.05, 0) is 19.1 Å². The van der Waals surface area contributed by atoms with E-state index in [0.717, 1.165) is 5.69 Å². The predicted molar refractivity (Wildman–Crippen MR) is 80.6 cm³/mol. The molecule has 0 bridgehead atoms. The Morgan fingerprint density at radius 1 is 1.50 bits per heavy atom. The molecule has 1 heterocycles. The third-order valence-electron chi connectivity index (χ3n) is 2.60. The third kappa shape index (κ3) is 3.71. The first kappa shape index (κ1) is 14.3. The van der Waals surface area contributed by atoms with Crippen LogP contribution in [0.2, 0.25) is 0 Å². The van der Waals surface area contributed by atoms with E-state index in [1.807, 2.05) is 41.8 Å². The molecule has 0 fully saturated rings. The largest absolute Gasteiger partial charge is 0.325 e. The topological polar surface area (TPSA) is 59.8 Å². The maximum absolute atomic E-state index is 12.1. The molecule has 6 heteroatoms. The second kappa shape index (κ2) is 6.91. The van der Waals surface area contributed by atoms with Gasteiger partial charge in [0.25, 0.3) is 0 Å². The second-order valence-corrected chi connectivity index (χ2v) is 5.48. The van der Waals surface area contributed by atoms with Crippen LogP contribution in [0.5, 0.6) is 0 Å². The summed E-state index contributed by atoms with van der Waals surface area (Å²) in [4.78, 5) is 12.1. The molecule has 0 aliphatic heterocycles. The molecule has 1 aromatic heterocycles. The SMILES string of the molecule is C=CCn1cnnc1S[C@@H](C)C(=O)Nc1ccccc1. The van der Waals surface area contributed by atoms with Gasteiger partial charge < -0.3 is 9.88 Å². The van der Waals surface area contributed by atoms with Gasteiger partial charge in [-0.15, -0.1) is 16.8 Å². The number of allylic oxidation sites excluding steroid dienone is 1. The molecule has 104 valence electrons. The minimum Gasteiger partial charge on any atom is -0.325 e. The third-order valence-corrected chi connectivity index (χ3v) is 3.69. The number of benzene rings is 1. The standard InChI is InChI=1S/C14H16N4OS/c1-3-9-18-10-15-17-14(18)20-11(2)13(19)16-12-7-5-4-6-8-12/h3-8,10-11H,1,9H2,2H3,(H,16,19)/t11-/m0/s1. The number of para-hydroxylation sites is 1. The highest BCUT2D eigenvalue weighted by atomic mass is 32.2. The number of aromatic nitrogens is 3. The van der Waals surface area contributed by atoms with E-state index in [9.17, 15) is 4.79 Å². The second-order valence-electron chi connectivity index (χ2n) is 4.17. The molecule has 0 saturated carbocycles. The van der Waals surface area contributed by atoms with Crippen LogP contribution in [0.25, 0.3) is 0 Å². The number of hydrogen-bond donors (Lipinski definition) is 1. The van der Waals surface area contributed by atoms with Gasteiger partial charge in [0.2, 0.25) is 5.91 Å². The fourth-order valence-electron chi connectivity index (χ4n) is 1.58. The lowest BCUT2D eigenvalue weighted by Gasteiger charge is -2.11. The van der Waals surface area contributed by atoms with Crippen LogP contribution in [0, 0.1) is 0 Å². The molecule has 0 aliphatic rings. The summed E-state index contributed by atoms with van der Waals surface area (Å²) in [5, 5.41) is 11.2. The van der Waals surface area contributed by atoms with Gasteiger partial charge in [-0.2, -0.15) is 0 Å². The summed E-state index contributed by atoms with van der Waals surface area (Å²) in [5.41, 5.74) is 0.789. The highest BCUT2D eigenvalue weighted by Crippen LogP contribution is 2.22. The molecular formula is C14H16N4OS. The molecule has 5 nitrogen and oxygen atoms in total. The molecule has 2 aromatic rings. The van der Waals surface area contributed by atoms with Gasteiger partial charge in [0.05, 0.1) is 5.25 Å². The predicted octanol–water partition coefficient (Wildman–Crippen LogP) is 2.58. The van der Waals surface area contributed by atoms with Crippen LogP contribution in [0.4, 0.5) is 5.69 Å². The van der Waals surface area contributed by atoms with Crippen LogP contribution in [0.1, 0.15) is 6.92 Å². The van der Waals surface area contributed by atoms with Crippen molar-refractivity contribution in [2.75, 3.05) is 5.32 Å². The van der Waals surface area contributed by atoms with Crippen molar-refractivity contribution in [1.29, 1.82) is 0 Å². The minimum atomic E-state index is -0.261.